The molecule has 0 aromatic carbocycles. The topological polar surface area (TPSA) is 407 Å². The molecule has 0 rings (SSSR count). The molecule has 0 amide bonds. The summed E-state index contributed by atoms with van der Waals surface area (Å²) in [5.41, 5.74) is -5.95. The number of hydrogen-bond acceptors (Lipinski definition) is 14. The molecule has 0 aliphatic rings. The quantitative estimate of drug-likeness (QED) is 0.193. The van der Waals surface area contributed by atoms with Crippen molar-refractivity contribution in [3.63, 3.8) is 0 Å². The largest absolute Gasteiger partial charge is 2.00 e. The summed E-state index contributed by atoms with van der Waals surface area (Å²) in [7, 11) is 0. The molecule has 0 aliphatic heterocycles. The van der Waals surface area contributed by atoms with Crippen LogP contribution in [0.15, 0.2) is 0 Å². The van der Waals surface area contributed by atoms with E-state index < -0.39 is 72.7 Å². The molecule has 0 aromatic heterocycles. The van der Waals surface area contributed by atoms with Gasteiger partial charge in [0.25, 0.3) is 0 Å². The van der Waals surface area contributed by atoms with Crippen molar-refractivity contribution < 1.29 is 91.5 Å². The number of aliphatic hydroxyl groups is 2. The number of rotatable bonds is 10. The van der Waals surface area contributed by atoms with Gasteiger partial charge in [0.15, 0.2) is 0 Å². The second kappa shape index (κ2) is 27.9. The van der Waals surface area contributed by atoms with Gasteiger partial charge in [-0.05, 0) is 0 Å². The van der Waals surface area contributed by atoms with Gasteiger partial charge >= 0.3 is 147 Å². The summed E-state index contributed by atoms with van der Waals surface area (Å²) in [5, 5.41) is 77.9. The molecule has 10 N–H and O–H groups in total. The predicted molar refractivity (Wildman–Crippen MR) is 90.1 cm³/mol. The number of carboxylic acids is 6. The summed E-state index contributed by atoms with van der Waals surface area (Å²) in [5.74, 6) is -12.0. The average molecular weight is 862 g/mol. The van der Waals surface area contributed by atoms with Crippen LogP contribution in [0.1, 0.15) is 25.7 Å². The molecule has 0 saturated heterocycles. The molecule has 0 bridgehead atoms. The SMILES string of the molecule is O.O.O.O.O=C([O-])CC(O)(CC(=O)[O-])C(=O)[O-].O=C([O-])CC(O)(CC(=O)[O-])C(=O)[O-].[Ba+2].[Ba+2].[Ba+2]. The minimum Gasteiger partial charge on any atom is -0.550 e. The summed E-state index contributed by atoms with van der Waals surface area (Å²) >= 11 is 0. The van der Waals surface area contributed by atoms with Crippen molar-refractivity contribution in [3.05, 3.63) is 0 Å². The van der Waals surface area contributed by atoms with Crippen LogP contribution in [0.25, 0.3) is 0 Å². The second-order valence-corrected chi connectivity index (χ2v) is 4.83. The maximum Gasteiger partial charge on any atom is 2.00 e. The van der Waals surface area contributed by atoms with Gasteiger partial charge in [-0.1, -0.05) is 0 Å². The fraction of sp³-hybridized carbons (Fsp3) is 0.500. The van der Waals surface area contributed by atoms with E-state index in [0.717, 1.165) is 0 Å². The standard InChI is InChI=1S/2C6H8O7.3Ba.4H2O/c2*7-3(8)1-6(13,5(11)12)2-4(9)10;;;;;;;/h2*13H,1-2H2,(H,7,8)(H,9,10)(H,11,12);;;;4*1H2/q;;3*+2;;;;/p-6. The normalized spacial score (nSPS) is 8.55. The Bertz CT molecular complexity index is 524. The molecule has 21 heteroatoms. The summed E-state index contributed by atoms with van der Waals surface area (Å²) < 4.78 is 0. The van der Waals surface area contributed by atoms with Gasteiger partial charge in [-0.25, -0.2) is 0 Å². The third kappa shape index (κ3) is 29.4. The molecule has 0 heterocycles. The van der Waals surface area contributed by atoms with Crippen molar-refractivity contribution in [1.82, 2.24) is 0 Å². The number of carboxylic acid groups (broad SMARTS) is 6. The maximum absolute atomic E-state index is 10.1. The minimum atomic E-state index is -2.97. The summed E-state index contributed by atoms with van der Waals surface area (Å²) in [6, 6.07) is 0. The number of hydrogen-bond donors (Lipinski definition) is 2. The zero-order chi connectivity index (χ0) is 21.3. The monoisotopic (exact) mass is 864 g/mol. The first kappa shape index (κ1) is 59.4. The van der Waals surface area contributed by atoms with Gasteiger partial charge in [-0.2, -0.15) is 0 Å². The van der Waals surface area contributed by atoms with Crippen molar-refractivity contribution in [2.75, 3.05) is 0 Å². The van der Waals surface area contributed by atoms with E-state index in [0.29, 0.717) is 0 Å². The van der Waals surface area contributed by atoms with Crippen LogP contribution in [0, 0.1) is 0 Å². The third-order valence-electron chi connectivity index (χ3n) is 2.51. The Morgan fingerprint density at radius 2 is 0.576 bits per heavy atom. The van der Waals surface area contributed by atoms with E-state index in [2.05, 4.69) is 0 Å². The molecule has 0 spiro atoms. The molecule has 0 atom stereocenters. The van der Waals surface area contributed by atoms with Gasteiger partial charge < -0.3 is 91.5 Å². The van der Waals surface area contributed by atoms with Crippen molar-refractivity contribution >= 4 is 182 Å². The Morgan fingerprint density at radius 3 is 0.636 bits per heavy atom. The van der Waals surface area contributed by atoms with Gasteiger partial charge in [0.2, 0.25) is 0 Å². The molecule has 180 valence electrons. The van der Waals surface area contributed by atoms with E-state index >= 15 is 0 Å². The van der Waals surface area contributed by atoms with Gasteiger partial charge in [0.05, 0.1) is 11.9 Å². The van der Waals surface area contributed by atoms with Gasteiger partial charge in [0.1, 0.15) is 11.2 Å². The summed E-state index contributed by atoms with van der Waals surface area (Å²) in [6.45, 7) is 0. The first-order chi connectivity index (χ1) is 11.6. The van der Waals surface area contributed by atoms with E-state index in [1.165, 1.54) is 0 Å². The Labute approximate surface area is 305 Å². The Hall–Kier alpha value is 1.29. The first-order valence-electron chi connectivity index (χ1n) is 6.23. The molecular formula is C12H18Ba3O18. The van der Waals surface area contributed by atoms with Crippen LogP contribution in [-0.4, -0.2) is 226 Å². The van der Waals surface area contributed by atoms with Gasteiger partial charge in [-0.15, -0.1) is 0 Å². The Balaban J connectivity index is -0.0000000411. The van der Waals surface area contributed by atoms with E-state index in [1.807, 2.05) is 0 Å². The zero-order valence-electron chi connectivity index (χ0n) is 16.7. The zero-order valence-corrected chi connectivity index (χ0v) is 30.1. The smallest absolute Gasteiger partial charge is 0.550 e. The van der Waals surface area contributed by atoms with Crippen LogP contribution in [0.5, 0.6) is 0 Å². The average Bonchev–Trinajstić information content (AvgIpc) is 2.34. The Kier molecular flexibility index (Phi) is 50.2. The van der Waals surface area contributed by atoms with Crippen LogP contribution in [-0.2, 0) is 28.8 Å². The van der Waals surface area contributed by atoms with Crippen LogP contribution in [0.3, 0.4) is 0 Å². The molecule has 0 radical (unpaired) electrons. The maximum atomic E-state index is 10.1. The van der Waals surface area contributed by atoms with Crippen LogP contribution >= 0.6 is 0 Å². The molecule has 0 fully saturated rings. The Morgan fingerprint density at radius 1 is 0.455 bits per heavy atom. The van der Waals surface area contributed by atoms with E-state index in [4.69, 9.17) is 10.2 Å². The predicted octanol–water partition coefficient (Wildman–Crippen LogP) is -14.9. The molecule has 0 unspecified atom stereocenters. The fourth-order valence-corrected chi connectivity index (χ4v) is 1.37. The number of carbonyl (C=O) groups excluding carboxylic acids is 6. The van der Waals surface area contributed by atoms with Crippen LogP contribution in [0.4, 0.5) is 0 Å². The van der Waals surface area contributed by atoms with E-state index in [-0.39, 0.29) is 169 Å². The third-order valence-corrected chi connectivity index (χ3v) is 2.51. The van der Waals surface area contributed by atoms with Crippen LogP contribution in [0.2, 0.25) is 0 Å². The number of aliphatic carboxylic acids is 6. The first-order valence-corrected chi connectivity index (χ1v) is 6.23. The molecule has 18 nitrogen and oxygen atoms in total. The minimum absolute atomic E-state index is 0. The molecular weight excluding hydrogens is 844 g/mol. The van der Waals surface area contributed by atoms with Gasteiger partial charge in [0, 0.05) is 49.6 Å². The van der Waals surface area contributed by atoms with Crippen LogP contribution < -0.4 is 30.6 Å². The van der Waals surface area contributed by atoms with Crippen molar-refractivity contribution in [3.8, 4) is 0 Å². The molecule has 0 aromatic rings. The molecule has 0 aliphatic carbocycles. The van der Waals surface area contributed by atoms with Crippen molar-refractivity contribution in [2.45, 2.75) is 36.9 Å². The van der Waals surface area contributed by atoms with Gasteiger partial charge in [-0.3, -0.25) is 0 Å². The van der Waals surface area contributed by atoms with Crippen molar-refractivity contribution in [2.24, 2.45) is 0 Å². The summed E-state index contributed by atoms with van der Waals surface area (Å²) in [4.78, 5) is 60.0. The van der Waals surface area contributed by atoms with Crippen molar-refractivity contribution in [1.29, 1.82) is 0 Å². The molecule has 33 heavy (non-hydrogen) atoms. The van der Waals surface area contributed by atoms with E-state index in [9.17, 15) is 59.4 Å². The molecule has 0 saturated carbocycles. The number of carbonyl (C=O) groups is 6. The summed E-state index contributed by atoms with van der Waals surface area (Å²) in [6.07, 6.45) is -5.43. The fourth-order valence-electron chi connectivity index (χ4n) is 1.37. The second-order valence-electron chi connectivity index (χ2n) is 4.83. The van der Waals surface area contributed by atoms with E-state index in [1.54, 1.807) is 0 Å².